The summed E-state index contributed by atoms with van der Waals surface area (Å²) in [4.78, 5) is 36.9. The van der Waals surface area contributed by atoms with Crippen LogP contribution in [0.5, 0.6) is 5.75 Å². The van der Waals surface area contributed by atoms with Crippen molar-refractivity contribution in [3.8, 4) is 5.75 Å². The number of hydrogen-bond acceptors (Lipinski definition) is 12. The monoisotopic (exact) mass is 679 g/mol. The lowest BCUT2D eigenvalue weighted by Gasteiger charge is -2.27. The molecule has 13 nitrogen and oxygen atoms in total. The summed E-state index contributed by atoms with van der Waals surface area (Å²) >= 11 is 0. The summed E-state index contributed by atoms with van der Waals surface area (Å²) in [6.45, 7) is -0.157. The summed E-state index contributed by atoms with van der Waals surface area (Å²) in [5.41, 5.74) is 1.18. The minimum absolute atomic E-state index is 0.0694. The van der Waals surface area contributed by atoms with Crippen molar-refractivity contribution in [2.24, 2.45) is 0 Å². The van der Waals surface area contributed by atoms with Crippen LogP contribution in [0.2, 0.25) is 0 Å². The fourth-order valence-corrected chi connectivity index (χ4v) is 5.71. The van der Waals surface area contributed by atoms with Crippen molar-refractivity contribution in [2.75, 3.05) is 13.7 Å². The van der Waals surface area contributed by atoms with Gasteiger partial charge in [0, 0.05) is 0 Å². The summed E-state index contributed by atoms with van der Waals surface area (Å²) in [6, 6.07) is 22.9. The lowest BCUT2D eigenvalue weighted by molar-refractivity contribution is -0.190. The van der Waals surface area contributed by atoms with Crippen LogP contribution in [-0.2, 0) is 55.5 Å². The molecule has 1 heterocycles. The normalized spacial score (nSPS) is 20.2. The molecule has 3 aromatic carbocycles. The molecule has 1 aliphatic heterocycles. The molecule has 4 rings (SSSR count). The van der Waals surface area contributed by atoms with Crippen molar-refractivity contribution in [1.82, 2.24) is 5.09 Å². The second-order valence-electron chi connectivity index (χ2n) is 9.96. The van der Waals surface area contributed by atoms with Crippen molar-refractivity contribution in [2.45, 2.75) is 50.6 Å². The summed E-state index contributed by atoms with van der Waals surface area (Å²) in [5.74, 6) is -5.22. The minimum atomic E-state index is -4.88. The van der Waals surface area contributed by atoms with Gasteiger partial charge in [-0.1, -0.05) is 78.9 Å². The second-order valence-corrected chi connectivity index (χ2v) is 11.6. The van der Waals surface area contributed by atoms with E-state index in [2.05, 4.69) is 9.82 Å². The maximum Gasteiger partial charge on any atom is 0.509 e. The van der Waals surface area contributed by atoms with E-state index in [-0.39, 0.29) is 19.0 Å². The van der Waals surface area contributed by atoms with E-state index in [9.17, 15) is 18.9 Å². The van der Waals surface area contributed by atoms with Crippen molar-refractivity contribution in [1.29, 1.82) is 0 Å². The Kier molecular flexibility index (Phi) is 12.3. The van der Waals surface area contributed by atoms with Crippen LogP contribution >= 0.6 is 7.75 Å². The third-order valence-corrected chi connectivity index (χ3v) is 8.05. The highest BCUT2D eigenvalue weighted by Crippen LogP contribution is 2.51. The molecule has 5 atom stereocenters. The Morgan fingerprint density at radius 2 is 1.38 bits per heavy atom. The molecule has 252 valence electrons. The summed E-state index contributed by atoms with van der Waals surface area (Å²) < 4.78 is 86.1. The lowest BCUT2D eigenvalue weighted by atomic mass is 10.1. The Morgan fingerprint density at radius 3 is 1.94 bits per heavy atom. The van der Waals surface area contributed by atoms with Crippen LogP contribution < -0.4 is 9.61 Å². The molecule has 1 N–H and O–H groups in total. The van der Waals surface area contributed by atoms with Gasteiger partial charge in [0.25, 0.3) is 0 Å². The first-order valence-corrected chi connectivity index (χ1v) is 15.7. The number of para-hydroxylation sites is 1. The summed E-state index contributed by atoms with van der Waals surface area (Å²) in [7, 11) is -3.81. The Hall–Kier alpha value is -4.56. The van der Waals surface area contributed by atoms with E-state index < -0.39 is 63.1 Å². The maximum absolute atomic E-state index is 15.9. The molecule has 1 fully saturated rings. The highest BCUT2D eigenvalue weighted by atomic mass is 31.2. The molecule has 3 aromatic rings. The average Bonchev–Trinajstić information content (AvgIpc) is 3.29. The smallest absolute Gasteiger partial charge is 0.468 e. The van der Waals surface area contributed by atoms with Crippen LogP contribution in [0, 0.1) is 0 Å². The van der Waals surface area contributed by atoms with Crippen molar-refractivity contribution >= 4 is 26.0 Å². The molecule has 0 radical (unpaired) electrons. The van der Waals surface area contributed by atoms with E-state index in [0.29, 0.717) is 11.1 Å². The van der Waals surface area contributed by atoms with Gasteiger partial charge in [-0.05, 0) is 30.2 Å². The fourth-order valence-electron chi connectivity index (χ4n) is 4.13. The van der Waals surface area contributed by atoms with Crippen LogP contribution in [0.15, 0.2) is 91.0 Å². The second kappa shape index (κ2) is 16.3. The van der Waals surface area contributed by atoms with Crippen LogP contribution in [0.1, 0.15) is 18.1 Å². The number of rotatable bonds is 14. The van der Waals surface area contributed by atoms with Crippen molar-refractivity contribution < 1.29 is 65.2 Å². The van der Waals surface area contributed by atoms with Gasteiger partial charge < -0.3 is 32.9 Å². The van der Waals surface area contributed by atoms with Crippen LogP contribution in [0.25, 0.3) is 0 Å². The number of alkyl halides is 2. The standard InChI is InChI=1S/C31H32F2NO12P/c1-21(27(35)39-2)34-47(38,45-24-16-10-5-11-17-24)46-28-31(32,33)26(44-30(37)41-19-23-14-8-4-9-15-23)25(43-28)20-42-29(36)40-18-22-12-6-3-7-13-22/h3-17,21,25-26,28H,18-20H2,1-2H3,(H,34,38)/t21-,25+,26+,28?,47?/m0/s1. The van der Waals surface area contributed by atoms with E-state index in [1.165, 1.54) is 31.2 Å². The Labute approximate surface area is 268 Å². The molecule has 0 aliphatic carbocycles. The molecule has 2 unspecified atom stereocenters. The molecule has 1 saturated heterocycles. The van der Waals surface area contributed by atoms with Gasteiger partial charge in [0.05, 0.1) is 7.11 Å². The summed E-state index contributed by atoms with van der Waals surface area (Å²) in [5, 5.41) is 2.23. The maximum atomic E-state index is 15.9. The quantitative estimate of drug-likeness (QED) is 0.125. The van der Waals surface area contributed by atoms with Gasteiger partial charge in [-0.15, -0.1) is 0 Å². The van der Waals surface area contributed by atoms with E-state index in [4.69, 9.17) is 32.7 Å². The Bertz CT molecular complexity index is 1520. The van der Waals surface area contributed by atoms with Gasteiger partial charge >= 0.3 is 31.9 Å². The molecule has 0 aromatic heterocycles. The lowest BCUT2D eigenvalue weighted by Crippen LogP contribution is -2.45. The van der Waals surface area contributed by atoms with E-state index in [1.54, 1.807) is 66.7 Å². The largest absolute Gasteiger partial charge is 0.509 e. The number of carbonyl (C=O) groups is 3. The number of benzene rings is 3. The van der Waals surface area contributed by atoms with Gasteiger partial charge in [-0.25, -0.2) is 14.2 Å². The molecule has 47 heavy (non-hydrogen) atoms. The number of carbonyl (C=O) groups excluding carboxylic acids is 3. The Balaban J connectivity index is 1.52. The molecule has 16 heteroatoms. The number of ether oxygens (including phenoxy) is 6. The highest BCUT2D eigenvalue weighted by molar-refractivity contribution is 7.52. The van der Waals surface area contributed by atoms with Crippen LogP contribution in [0.3, 0.4) is 0 Å². The molecule has 0 spiro atoms. The van der Waals surface area contributed by atoms with E-state index in [1.807, 2.05) is 0 Å². The van der Waals surface area contributed by atoms with Crippen LogP contribution in [0.4, 0.5) is 18.4 Å². The SMILES string of the molecule is COC(=O)[C@H](C)NP(=O)(Oc1ccccc1)OC1O[C@H](COC(=O)OCc2ccccc2)[C@@H](OC(=O)OCc2ccccc2)C1(F)F. The zero-order chi connectivity index (χ0) is 33.9. The van der Waals surface area contributed by atoms with E-state index >= 15 is 8.78 Å². The zero-order valence-electron chi connectivity index (χ0n) is 25.2. The first-order valence-electron chi connectivity index (χ1n) is 14.1. The highest BCUT2D eigenvalue weighted by Gasteiger charge is 2.64. The molecular formula is C31H32F2NO12P. The molecule has 0 amide bonds. The number of esters is 1. The van der Waals surface area contributed by atoms with Crippen molar-refractivity contribution in [3.05, 3.63) is 102 Å². The van der Waals surface area contributed by atoms with Crippen molar-refractivity contribution in [3.63, 3.8) is 0 Å². The fraction of sp³-hybridized carbons (Fsp3) is 0.323. The third-order valence-electron chi connectivity index (χ3n) is 6.43. The molecule has 1 aliphatic rings. The summed E-state index contributed by atoms with van der Waals surface area (Å²) in [6.07, 6.45) is -9.79. The van der Waals surface area contributed by atoms with Gasteiger partial charge in [0.15, 0.2) is 0 Å². The average molecular weight is 680 g/mol. The predicted molar refractivity (Wildman–Crippen MR) is 158 cm³/mol. The molecule has 0 saturated carbocycles. The topological polar surface area (TPSA) is 154 Å². The predicted octanol–water partition coefficient (Wildman–Crippen LogP) is 5.78. The number of halogens is 2. The van der Waals surface area contributed by atoms with Gasteiger partial charge in [0.2, 0.25) is 12.4 Å². The first-order chi connectivity index (χ1) is 22.5. The van der Waals surface area contributed by atoms with E-state index in [0.717, 1.165) is 7.11 Å². The number of hydrogen-bond donors (Lipinski definition) is 1. The molecular weight excluding hydrogens is 647 g/mol. The number of methoxy groups -OCH3 is 1. The number of nitrogens with one attached hydrogen (secondary N) is 1. The Morgan fingerprint density at radius 1 is 0.851 bits per heavy atom. The first kappa shape index (κ1) is 35.3. The van der Waals surface area contributed by atoms with Crippen LogP contribution in [-0.4, -0.2) is 62.5 Å². The molecule has 0 bridgehead atoms. The zero-order valence-corrected chi connectivity index (χ0v) is 26.1. The van der Waals surface area contributed by atoms with Gasteiger partial charge in [-0.2, -0.15) is 13.9 Å². The van der Waals surface area contributed by atoms with Gasteiger partial charge in [-0.3, -0.25) is 9.32 Å². The minimum Gasteiger partial charge on any atom is -0.468 e. The third kappa shape index (κ3) is 10.2. The van der Waals surface area contributed by atoms with Gasteiger partial charge in [0.1, 0.15) is 37.7 Å².